The second kappa shape index (κ2) is 3.93. The van der Waals surface area contributed by atoms with E-state index in [9.17, 15) is 13.2 Å². The lowest BCUT2D eigenvalue weighted by Crippen LogP contribution is -2.16. The second-order valence-corrected chi connectivity index (χ2v) is 3.17. The van der Waals surface area contributed by atoms with Crippen LogP contribution < -0.4 is 5.73 Å². The summed E-state index contributed by atoms with van der Waals surface area (Å²) in [7, 11) is 0. The first-order valence-electron chi connectivity index (χ1n) is 3.32. The molecule has 0 aliphatic heterocycles. The van der Waals surface area contributed by atoms with Crippen LogP contribution in [0.3, 0.4) is 0 Å². The van der Waals surface area contributed by atoms with Gasteiger partial charge in [0.2, 0.25) is 0 Å². The van der Waals surface area contributed by atoms with Crippen molar-refractivity contribution in [3.05, 3.63) is 11.1 Å². The number of rotatable bonds is 3. The van der Waals surface area contributed by atoms with Crippen molar-refractivity contribution >= 4 is 16.5 Å². The van der Waals surface area contributed by atoms with E-state index in [0.29, 0.717) is 10.8 Å². The number of hydrogen-bond donors (Lipinski definition) is 1. The highest BCUT2D eigenvalue weighted by Gasteiger charge is 2.27. The Kier molecular flexibility index (Phi) is 3.10. The van der Waals surface area contributed by atoms with Crippen LogP contribution in [0.2, 0.25) is 0 Å². The van der Waals surface area contributed by atoms with E-state index >= 15 is 0 Å². The van der Waals surface area contributed by atoms with Gasteiger partial charge < -0.3 is 10.5 Å². The van der Waals surface area contributed by atoms with Gasteiger partial charge in [0.25, 0.3) is 0 Å². The van der Waals surface area contributed by atoms with Crippen molar-refractivity contribution in [2.24, 2.45) is 0 Å². The largest absolute Gasteiger partial charge is 0.411 e. The molecule has 1 heterocycles. The first kappa shape index (κ1) is 10.3. The Balaban J connectivity index is 2.28. The first-order chi connectivity index (χ1) is 5.97. The Morgan fingerprint density at radius 3 is 2.69 bits per heavy atom. The molecule has 0 aromatic carbocycles. The SMILES string of the molecule is Nc1nc(COCC(F)(F)F)cs1. The molecule has 0 saturated heterocycles. The van der Waals surface area contributed by atoms with Gasteiger partial charge in [0, 0.05) is 5.38 Å². The smallest absolute Gasteiger partial charge is 0.375 e. The van der Waals surface area contributed by atoms with Gasteiger partial charge in [-0.05, 0) is 0 Å². The van der Waals surface area contributed by atoms with Crippen LogP contribution in [-0.4, -0.2) is 17.8 Å². The monoisotopic (exact) mass is 212 g/mol. The lowest BCUT2D eigenvalue weighted by Gasteiger charge is -2.05. The van der Waals surface area contributed by atoms with Crippen molar-refractivity contribution in [3.8, 4) is 0 Å². The zero-order valence-electron chi connectivity index (χ0n) is 6.47. The summed E-state index contributed by atoms with van der Waals surface area (Å²) in [6.07, 6.45) is -4.29. The number of alkyl halides is 3. The molecule has 0 aliphatic carbocycles. The maximum Gasteiger partial charge on any atom is 0.411 e. The minimum Gasteiger partial charge on any atom is -0.375 e. The van der Waals surface area contributed by atoms with Gasteiger partial charge in [-0.15, -0.1) is 11.3 Å². The average molecular weight is 212 g/mol. The van der Waals surface area contributed by atoms with Crippen molar-refractivity contribution in [3.63, 3.8) is 0 Å². The molecule has 2 N–H and O–H groups in total. The molecule has 0 unspecified atom stereocenters. The molecule has 0 spiro atoms. The zero-order valence-corrected chi connectivity index (χ0v) is 7.28. The molecule has 0 amide bonds. The van der Waals surface area contributed by atoms with Crippen LogP contribution in [0.5, 0.6) is 0 Å². The molecule has 0 bridgehead atoms. The van der Waals surface area contributed by atoms with E-state index < -0.39 is 12.8 Å². The van der Waals surface area contributed by atoms with E-state index in [1.165, 1.54) is 11.3 Å². The average Bonchev–Trinajstić information content (AvgIpc) is 2.33. The fourth-order valence-electron chi connectivity index (χ4n) is 0.660. The van der Waals surface area contributed by atoms with Gasteiger partial charge in [0.05, 0.1) is 12.3 Å². The Bertz CT molecular complexity index is 273. The van der Waals surface area contributed by atoms with Crippen molar-refractivity contribution < 1.29 is 17.9 Å². The molecule has 13 heavy (non-hydrogen) atoms. The van der Waals surface area contributed by atoms with Gasteiger partial charge in [0.15, 0.2) is 5.13 Å². The molecule has 0 radical (unpaired) electrons. The number of nitrogens with zero attached hydrogens (tertiary/aromatic N) is 1. The van der Waals surface area contributed by atoms with Crippen molar-refractivity contribution in [2.75, 3.05) is 12.3 Å². The zero-order chi connectivity index (χ0) is 9.90. The molecular weight excluding hydrogens is 205 g/mol. The lowest BCUT2D eigenvalue weighted by molar-refractivity contribution is -0.176. The first-order valence-corrected chi connectivity index (χ1v) is 4.20. The van der Waals surface area contributed by atoms with Gasteiger partial charge in [0.1, 0.15) is 6.61 Å². The third-order valence-corrected chi connectivity index (χ3v) is 1.81. The second-order valence-electron chi connectivity index (χ2n) is 2.29. The van der Waals surface area contributed by atoms with Crippen LogP contribution in [0.25, 0.3) is 0 Å². The van der Waals surface area contributed by atoms with Crippen LogP contribution >= 0.6 is 11.3 Å². The van der Waals surface area contributed by atoms with Crippen LogP contribution in [-0.2, 0) is 11.3 Å². The number of hydrogen-bond acceptors (Lipinski definition) is 4. The van der Waals surface area contributed by atoms with E-state index in [-0.39, 0.29) is 6.61 Å². The van der Waals surface area contributed by atoms with Gasteiger partial charge in [-0.2, -0.15) is 13.2 Å². The van der Waals surface area contributed by atoms with Crippen molar-refractivity contribution in [2.45, 2.75) is 12.8 Å². The summed E-state index contributed by atoms with van der Waals surface area (Å²) in [5.41, 5.74) is 5.69. The highest BCUT2D eigenvalue weighted by molar-refractivity contribution is 7.13. The molecule has 1 aromatic heterocycles. The number of anilines is 1. The number of ether oxygens (including phenoxy) is 1. The van der Waals surface area contributed by atoms with Crippen LogP contribution in [0.15, 0.2) is 5.38 Å². The minimum atomic E-state index is -4.29. The summed E-state index contributed by atoms with van der Waals surface area (Å²) >= 11 is 1.17. The maximum absolute atomic E-state index is 11.6. The molecule has 0 atom stereocenters. The topological polar surface area (TPSA) is 48.1 Å². The number of thiazole rings is 1. The summed E-state index contributed by atoms with van der Waals surface area (Å²) in [6.45, 7) is -1.42. The third-order valence-electron chi connectivity index (χ3n) is 1.09. The maximum atomic E-state index is 11.6. The highest BCUT2D eigenvalue weighted by Crippen LogP contribution is 2.16. The molecule has 1 aromatic rings. The molecule has 7 heteroatoms. The minimum absolute atomic E-state index is 0.160. The summed E-state index contributed by atoms with van der Waals surface area (Å²) in [5.74, 6) is 0. The van der Waals surface area contributed by atoms with Crippen LogP contribution in [0.4, 0.5) is 18.3 Å². The Hall–Kier alpha value is -0.820. The van der Waals surface area contributed by atoms with E-state index in [4.69, 9.17) is 5.73 Å². The fraction of sp³-hybridized carbons (Fsp3) is 0.500. The van der Waals surface area contributed by atoms with Gasteiger partial charge in [-0.25, -0.2) is 4.98 Å². The number of halogens is 3. The Morgan fingerprint density at radius 2 is 2.23 bits per heavy atom. The Labute approximate surface area is 76.3 Å². The molecule has 74 valence electrons. The standard InChI is InChI=1S/C6H7F3N2OS/c7-6(8,9)3-12-1-4-2-13-5(10)11-4/h2H,1,3H2,(H2,10,11). The predicted octanol–water partition coefficient (Wildman–Crippen LogP) is 1.80. The van der Waals surface area contributed by atoms with Crippen LogP contribution in [0.1, 0.15) is 5.69 Å². The summed E-state index contributed by atoms with van der Waals surface area (Å²) in [5, 5.41) is 1.89. The highest BCUT2D eigenvalue weighted by atomic mass is 32.1. The predicted molar refractivity (Wildman–Crippen MR) is 42.2 cm³/mol. The van der Waals surface area contributed by atoms with E-state index in [1.54, 1.807) is 5.38 Å². The quantitative estimate of drug-likeness (QED) is 0.831. The number of nitrogens with two attached hydrogens (primary N) is 1. The Morgan fingerprint density at radius 1 is 1.54 bits per heavy atom. The number of aromatic nitrogens is 1. The van der Waals surface area contributed by atoms with Gasteiger partial charge >= 0.3 is 6.18 Å². The van der Waals surface area contributed by atoms with Crippen LogP contribution in [0, 0.1) is 0 Å². The summed E-state index contributed by atoms with van der Waals surface area (Å²) < 4.78 is 39.1. The molecule has 3 nitrogen and oxygen atoms in total. The molecule has 1 rings (SSSR count). The van der Waals surface area contributed by atoms with Crippen molar-refractivity contribution in [1.82, 2.24) is 4.98 Å². The van der Waals surface area contributed by atoms with Gasteiger partial charge in [-0.3, -0.25) is 0 Å². The normalized spacial score (nSPS) is 11.9. The van der Waals surface area contributed by atoms with E-state index in [2.05, 4.69) is 9.72 Å². The third kappa shape index (κ3) is 4.09. The summed E-state index contributed by atoms with van der Waals surface area (Å²) in [4.78, 5) is 3.73. The molecule has 0 fully saturated rings. The van der Waals surface area contributed by atoms with Gasteiger partial charge in [-0.1, -0.05) is 0 Å². The van der Waals surface area contributed by atoms with E-state index in [1.807, 2.05) is 0 Å². The molecular formula is C6H7F3N2OS. The fourth-order valence-corrected chi connectivity index (χ4v) is 1.21. The van der Waals surface area contributed by atoms with Crippen molar-refractivity contribution in [1.29, 1.82) is 0 Å². The molecule has 0 saturated carbocycles. The lowest BCUT2D eigenvalue weighted by atomic mass is 10.5. The van der Waals surface area contributed by atoms with E-state index in [0.717, 1.165) is 0 Å². The number of nitrogen functional groups attached to an aromatic ring is 1. The summed E-state index contributed by atoms with van der Waals surface area (Å²) in [6, 6.07) is 0. The molecule has 0 aliphatic rings.